The molecule has 20 heteroatoms. The van der Waals surface area contributed by atoms with Crippen LogP contribution in [0.1, 0.15) is 103 Å². The lowest BCUT2D eigenvalue weighted by Crippen LogP contribution is -1.88. The van der Waals surface area contributed by atoms with Gasteiger partial charge in [0.2, 0.25) is 0 Å². The van der Waals surface area contributed by atoms with Gasteiger partial charge in [0, 0.05) is 0 Å². The number of hydrogen-bond donors (Lipinski definition) is 0. The Morgan fingerprint density at radius 1 is 0.457 bits per heavy atom. The molecule has 0 nitrogen and oxygen atoms in total. The van der Waals surface area contributed by atoms with Crippen molar-refractivity contribution in [2.24, 2.45) is 0 Å². The van der Waals surface area contributed by atoms with E-state index < -0.39 is 0 Å². The Morgan fingerprint density at radius 2 is 0.696 bits per heavy atom. The molecule has 0 heterocycles. The first kappa shape index (κ1) is 95.2. The lowest BCUT2D eigenvalue weighted by atomic mass is 11.0. The van der Waals surface area contributed by atoms with Gasteiger partial charge in [0.25, 0.3) is 0 Å². The van der Waals surface area contributed by atoms with Gasteiger partial charge in [-0.1, -0.05) is 165 Å². The number of rotatable bonds is 20. The van der Waals surface area contributed by atoms with Gasteiger partial charge >= 0.3 is 0 Å². The van der Waals surface area contributed by atoms with Gasteiger partial charge < -0.3 is 0 Å². The lowest BCUT2D eigenvalue weighted by Gasteiger charge is -2.26. The second-order valence-corrected chi connectivity index (χ2v) is 62.4. The summed E-state index contributed by atoms with van der Waals surface area (Å²) in [6.07, 6.45) is 8.94. The summed E-state index contributed by atoms with van der Waals surface area (Å²) in [4.78, 5) is 0. The predicted molar refractivity (Wildman–Crippen MR) is 319 cm³/mol. The van der Waals surface area contributed by atoms with Crippen LogP contribution in [0.4, 0.5) is 0 Å². The largest absolute Gasteiger partial charge is 0.117 e. The summed E-state index contributed by atoms with van der Waals surface area (Å²) in [5.41, 5.74) is 0. The summed E-state index contributed by atoms with van der Waals surface area (Å²) in [6.45, 7) is 9.86. The van der Waals surface area contributed by atoms with E-state index in [9.17, 15) is 0 Å². The van der Waals surface area contributed by atoms with Crippen molar-refractivity contribution in [1.82, 2.24) is 0 Å². The smallest absolute Gasteiger partial charge is 0.00364 e. The van der Waals surface area contributed by atoms with Crippen molar-refractivity contribution in [3.8, 4) is 0 Å². The Hall–Kier alpha value is 8.60. The van der Waals surface area contributed by atoms with Gasteiger partial charge in [0.1, 0.15) is 0 Å². The van der Waals surface area contributed by atoms with Crippen molar-refractivity contribution < 1.29 is 0 Å². The van der Waals surface area contributed by atoms with E-state index >= 15 is 0 Å². The summed E-state index contributed by atoms with van der Waals surface area (Å²) in [5.74, 6) is 6.10. The molecule has 18 atom stereocenters. The molecule has 0 saturated carbocycles. The first-order chi connectivity index (χ1) is 16.0. The van der Waals surface area contributed by atoms with E-state index in [0.717, 1.165) is 15.9 Å². The Morgan fingerprint density at radius 3 is 0.848 bits per heavy atom. The molecule has 0 radical (unpaired) electrons. The van der Waals surface area contributed by atoms with Crippen molar-refractivity contribution in [3.63, 3.8) is 0 Å². The number of hydrogen-bond acceptors (Lipinski definition) is 0. The molecule has 0 rings (SSSR count). The van der Waals surface area contributed by atoms with Crippen LogP contribution in [0.2, 0.25) is 0 Å². The zero-order chi connectivity index (χ0) is 26.5. The summed E-state index contributed by atoms with van der Waals surface area (Å²) < 4.78 is 0. The Bertz CT molecular complexity index is 390. The summed E-state index contributed by atoms with van der Waals surface area (Å²) >= 11 is 0. The van der Waals surface area contributed by atoms with Crippen molar-refractivity contribution >= 4 is 164 Å². The molecule has 0 spiro atoms. The van der Waals surface area contributed by atoms with Crippen LogP contribution in [-0.4, -0.2) is 73.9 Å². The first-order valence-electron chi connectivity index (χ1n) is 10.9. The SMILES string of the molecule is C.C.C.C.C.C.C.C.C.C.C.C.CCP(CP(CCPCP(C)P)P(P)P)PP.CCP(CP(CCPCP(C)P)P(P)P)PP. The second-order valence-electron chi connectivity index (χ2n) is 7.30. The maximum atomic E-state index is 3.10. The minimum Gasteiger partial charge on any atom is -0.117 e. The van der Waals surface area contributed by atoms with Crippen LogP contribution in [0, 0.1) is 0 Å². The fourth-order valence-corrected chi connectivity index (χ4v) is 56.7. The van der Waals surface area contributed by atoms with E-state index in [-0.39, 0.29) is 118 Å². The van der Waals surface area contributed by atoms with Gasteiger partial charge in [-0.2, -0.15) is 0 Å². The molecule has 18 unspecified atom stereocenters. The van der Waals surface area contributed by atoms with Crippen LogP contribution < -0.4 is 0 Å². The van der Waals surface area contributed by atoms with E-state index in [1.165, 1.54) is 65.9 Å². The summed E-state index contributed by atoms with van der Waals surface area (Å²) in [7, 11) is 30.9. The minimum atomic E-state index is 0. The van der Waals surface area contributed by atoms with Crippen molar-refractivity contribution in [1.29, 1.82) is 0 Å². The molecule has 304 valence electrons. The second kappa shape index (κ2) is 68.3. The molecule has 0 aliphatic carbocycles. The molecule has 0 amide bonds. The molecule has 0 aliphatic heterocycles. The highest BCUT2D eigenvalue weighted by Crippen LogP contribution is 2.84. The average Bonchev–Trinajstić information content (AvgIpc) is 2.78. The van der Waals surface area contributed by atoms with Gasteiger partial charge in [0.05, 0.1) is 0 Å². The van der Waals surface area contributed by atoms with Crippen molar-refractivity contribution in [2.45, 2.75) is 103 Å². The van der Waals surface area contributed by atoms with E-state index in [1.807, 2.05) is 0 Å². The highest BCUT2D eigenvalue weighted by Gasteiger charge is 2.17. The predicted octanol–water partition coefficient (Wildman–Crippen LogP) is 21.3. The van der Waals surface area contributed by atoms with Crippen molar-refractivity contribution in [2.75, 3.05) is 73.9 Å². The van der Waals surface area contributed by atoms with Crippen LogP contribution in [0.3, 0.4) is 0 Å². The van der Waals surface area contributed by atoms with Gasteiger partial charge in [0.15, 0.2) is 0 Å². The summed E-state index contributed by atoms with van der Waals surface area (Å²) in [5, 5.41) is 0. The molecular weight excluding hydrogens is 932 g/mol. The fraction of sp³-hybridized carbons (Fsp3) is 1.00. The Balaban J connectivity index is -0.0000000294. The molecule has 0 aliphatic rings. The third-order valence-corrected chi connectivity index (χ3v) is 58.1. The van der Waals surface area contributed by atoms with Crippen molar-refractivity contribution in [3.05, 3.63) is 0 Å². The van der Waals surface area contributed by atoms with Crippen LogP contribution in [0.5, 0.6) is 0 Å². The molecule has 0 saturated heterocycles. The standard InChI is InChI=1S/2C7H26P10.12CH4/c2*1-3-15(13-8)7-16(17(10)11)5-4-12-6-14(2)9;;;;;;;;;;;;/h2*12-13H,3-11H2,1-2H3;12*1H4. The van der Waals surface area contributed by atoms with Crippen LogP contribution in [0.15, 0.2) is 0 Å². The molecular formula is C26H100P20. The Labute approximate surface area is 338 Å². The third-order valence-electron chi connectivity index (χ3n) is 4.27. The van der Waals surface area contributed by atoms with Crippen LogP contribution >= 0.6 is 164 Å². The zero-order valence-corrected chi connectivity index (χ0v) is 41.7. The van der Waals surface area contributed by atoms with Crippen LogP contribution in [0.25, 0.3) is 0 Å². The van der Waals surface area contributed by atoms with Gasteiger partial charge in [-0.15, -0.1) is 88.6 Å². The Kier molecular flexibility index (Phi) is 141. The highest BCUT2D eigenvalue weighted by molar-refractivity contribution is 8.74. The molecule has 46 heavy (non-hydrogen) atoms. The molecule has 0 bridgehead atoms. The van der Waals surface area contributed by atoms with Gasteiger partial charge in [-0.3, -0.25) is 0 Å². The summed E-state index contributed by atoms with van der Waals surface area (Å²) in [6, 6.07) is 0. The first-order valence-corrected chi connectivity index (χ1v) is 45.6. The van der Waals surface area contributed by atoms with E-state index in [0.29, 0.717) is 30.4 Å². The zero-order valence-electron chi connectivity index (χ0n) is 21.3. The minimum absolute atomic E-state index is 0. The molecule has 0 aromatic carbocycles. The molecule has 0 aromatic rings. The molecule has 0 fully saturated rings. The topological polar surface area (TPSA) is 0 Å². The van der Waals surface area contributed by atoms with E-state index in [1.54, 1.807) is 11.8 Å². The highest BCUT2D eigenvalue weighted by atomic mass is 32.7. The molecule has 0 aromatic heterocycles. The maximum absolute atomic E-state index is 3.10. The average molecular weight is 1030 g/mol. The monoisotopic (exact) mass is 1030 g/mol. The molecule has 0 N–H and O–H groups in total. The maximum Gasteiger partial charge on any atom is -0.00364 e. The third kappa shape index (κ3) is 64.5. The van der Waals surface area contributed by atoms with E-state index in [4.69, 9.17) is 0 Å². The van der Waals surface area contributed by atoms with Crippen LogP contribution in [-0.2, 0) is 0 Å². The van der Waals surface area contributed by atoms with Gasteiger partial charge in [-0.25, -0.2) is 0 Å². The lowest BCUT2D eigenvalue weighted by molar-refractivity contribution is 1.50. The fourth-order valence-electron chi connectivity index (χ4n) is 2.30. The normalized spacial score (nSPS) is 13.7. The quantitative estimate of drug-likeness (QED) is 0.0842. The van der Waals surface area contributed by atoms with Gasteiger partial charge in [-0.05, 0) is 87.9 Å². The van der Waals surface area contributed by atoms with E-state index in [2.05, 4.69) is 98.6 Å².